The van der Waals surface area contributed by atoms with Crippen molar-refractivity contribution < 1.29 is 13.5 Å². The third-order valence-corrected chi connectivity index (χ3v) is 4.81. The minimum atomic E-state index is -3.56. The summed E-state index contributed by atoms with van der Waals surface area (Å²) in [6.07, 6.45) is 0. The lowest BCUT2D eigenvalue weighted by atomic mass is 9.81. The molecule has 1 rings (SSSR count). The molecule has 0 heterocycles. The first-order chi connectivity index (χ1) is 8.15. The summed E-state index contributed by atoms with van der Waals surface area (Å²) in [4.78, 5) is 0.0852. The van der Waals surface area contributed by atoms with Crippen molar-refractivity contribution in [3.8, 4) is 5.75 Å². The number of hydrogen-bond acceptors (Lipinski definition) is 3. The lowest BCUT2D eigenvalue weighted by Crippen LogP contribution is -2.36. The molecule has 0 amide bonds. The van der Waals surface area contributed by atoms with E-state index < -0.39 is 10.0 Å². The standard InChI is InChI=1S/C13H21NO3S/c1-10(2)13(3,4)9-14-18(16,17)12-7-5-6-11(15)8-12/h5-8,10,14-15H,9H2,1-4H3. The summed E-state index contributed by atoms with van der Waals surface area (Å²) in [6.45, 7) is 8.51. The molecule has 5 heteroatoms. The van der Waals surface area contributed by atoms with Crippen LogP contribution in [0.3, 0.4) is 0 Å². The molecule has 0 saturated carbocycles. The monoisotopic (exact) mass is 271 g/mol. The predicted octanol–water partition coefficient (Wildman–Crippen LogP) is 2.35. The number of aromatic hydroxyl groups is 1. The molecule has 0 unspecified atom stereocenters. The van der Waals surface area contributed by atoms with Gasteiger partial charge in [-0.15, -0.1) is 0 Å². The smallest absolute Gasteiger partial charge is 0.240 e. The molecule has 1 aromatic carbocycles. The van der Waals surface area contributed by atoms with Gasteiger partial charge in [0.1, 0.15) is 5.75 Å². The van der Waals surface area contributed by atoms with Gasteiger partial charge in [-0.2, -0.15) is 0 Å². The van der Waals surface area contributed by atoms with E-state index in [-0.39, 0.29) is 16.1 Å². The second-order valence-corrected chi connectivity index (χ2v) is 7.23. The summed E-state index contributed by atoms with van der Waals surface area (Å²) in [7, 11) is -3.56. The number of phenols is 1. The predicted molar refractivity (Wildman–Crippen MR) is 71.9 cm³/mol. The summed E-state index contributed by atoms with van der Waals surface area (Å²) in [5.74, 6) is 0.311. The van der Waals surface area contributed by atoms with Crippen molar-refractivity contribution in [2.45, 2.75) is 32.6 Å². The molecule has 0 bridgehead atoms. The van der Waals surface area contributed by atoms with Gasteiger partial charge in [0, 0.05) is 6.54 Å². The van der Waals surface area contributed by atoms with Gasteiger partial charge in [0.25, 0.3) is 0 Å². The highest BCUT2D eigenvalue weighted by atomic mass is 32.2. The Morgan fingerprint density at radius 1 is 1.33 bits per heavy atom. The van der Waals surface area contributed by atoms with E-state index in [1.165, 1.54) is 24.3 Å². The number of nitrogens with one attached hydrogen (secondary N) is 1. The van der Waals surface area contributed by atoms with E-state index in [1.807, 2.05) is 13.8 Å². The normalized spacial score (nSPS) is 12.9. The lowest BCUT2D eigenvalue weighted by molar-refractivity contribution is 0.252. The molecule has 102 valence electrons. The molecule has 0 fully saturated rings. The highest BCUT2D eigenvalue weighted by Gasteiger charge is 2.25. The molecule has 1 aromatic rings. The number of rotatable bonds is 5. The molecule has 0 atom stereocenters. The van der Waals surface area contributed by atoms with Gasteiger partial charge in [0.05, 0.1) is 4.90 Å². The summed E-state index contributed by atoms with van der Waals surface area (Å²) >= 11 is 0. The number of sulfonamides is 1. The van der Waals surface area contributed by atoms with Gasteiger partial charge < -0.3 is 5.11 Å². The fourth-order valence-corrected chi connectivity index (χ4v) is 2.48. The van der Waals surface area contributed by atoms with Gasteiger partial charge >= 0.3 is 0 Å². The Kier molecular flexibility index (Phi) is 4.40. The van der Waals surface area contributed by atoms with Crippen LogP contribution in [0.5, 0.6) is 5.75 Å². The molecule has 0 aliphatic carbocycles. The van der Waals surface area contributed by atoms with Gasteiger partial charge in [0.15, 0.2) is 0 Å². The average Bonchev–Trinajstić information content (AvgIpc) is 2.26. The highest BCUT2D eigenvalue weighted by molar-refractivity contribution is 7.89. The second-order valence-electron chi connectivity index (χ2n) is 5.47. The van der Waals surface area contributed by atoms with Crippen molar-refractivity contribution in [2.75, 3.05) is 6.54 Å². The molecule has 4 nitrogen and oxygen atoms in total. The van der Waals surface area contributed by atoms with Crippen LogP contribution >= 0.6 is 0 Å². The van der Waals surface area contributed by atoms with Gasteiger partial charge in [0.2, 0.25) is 10.0 Å². The molecule has 0 spiro atoms. The third-order valence-electron chi connectivity index (χ3n) is 3.41. The van der Waals surface area contributed by atoms with E-state index >= 15 is 0 Å². The van der Waals surface area contributed by atoms with Crippen LogP contribution in [0.2, 0.25) is 0 Å². The summed E-state index contributed by atoms with van der Waals surface area (Å²) < 4.78 is 26.6. The van der Waals surface area contributed by atoms with Gasteiger partial charge in [-0.1, -0.05) is 33.8 Å². The van der Waals surface area contributed by atoms with E-state index in [2.05, 4.69) is 18.6 Å². The molecule has 0 aliphatic rings. The van der Waals surface area contributed by atoms with Crippen LogP contribution in [-0.2, 0) is 10.0 Å². The quantitative estimate of drug-likeness (QED) is 0.864. The van der Waals surface area contributed by atoms with E-state index in [1.54, 1.807) is 0 Å². The van der Waals surface area contributed by atoms with Gasteiger partial charge in [-0.05, 0) is 29.5 Å². The first-order valence-corrected chi connectivity index (χ1v) is 7.42. The number of benzene rings is 1. The van der Waals surface area contributed by atoms with Crippen molar-refractivity contribution in [3.63, 3.8) is 0 Å². The van der Waals surface area contributed by atoms with Crippen LogP contribution in [0.4, 0.5) is 0 Å². The van der Waals surface area contributed by atoms with Crippen LogP contribution in [0.25, 0.3) is 0 Å². The van der Waals surface area contributed by atoms with Crippen LogP contribution < -0.4 is 4.72 Å². The zero-order valence-electron chi connectivity index (χ0n) is 11.3. The molecule has 0 saturated heterocycles. The second kappa shape index (κ2) is 5.28. The van der Waals surface area contributed by atoms with Crippen molar-refractivity contribution >= 4 is 10.0 Å². The molecular weight excluding hydrogens is 250 g/mol. The summed E-state index contributed by atoms with van der Waals surface area (Å²) in [5, 5.41) is 9.30. The molecule has 0 aromatic heterocycles. The minimum absolute atomic E-state index is 0.0546. The molecule has 0 aliphatic heterocycles. The topological polar surface area (TPSA) is 66.4 Å². The first-order valence-electron chi connectivity index (χ1n) is 5.94. The lowest BCUT2D eigenvalue weighted by Gasteiger charge is -2.29. The van der Waals surface area contributed by atoms with Gasteiger partial charge in [-0.3, -0.25) is 0 Å². The van der Waals surface area contributed by atoms with Crippen molar-refractivity contribution in [1.82, 2.24) is 4.72 Å². The van der Waals surface area contributed by atoms with E-state index in [4.69, 9.17) is 0 Å². The van der Waals surface area contributed by atoms with Crippen molar-refractivity contribution in [1.29, 1.82) is 0 Å². The molecule has 2 N–H and O–H groups in total. The maximum Gasteiger partial charge on any atom is 0.240 e. The Labute approximate surface area is 109 Å². The zero-order valence-corrected chi connectivity index (χ0v) is 12.1. The molecule has 18 heavy (non-hydrogen) atoms. The third kappa shape index (κ3) is 3.71. The first kappa shape index (κ1) is 15.0. The maximum atomic E-state index is 12.0. The van der Waals surface area contributed by atoms with E-state index in [0.717, 1.165) is 0 Å². The number of phenolic OH excluding ortho intramolecular Hbond substituents is 1. The SMILES string of the molecule is CC(C)C(C)(C)CNS(=O)(=O)c1cccc(O)c1. The van der Waals surface area contributed by atoms with Crippen LogP contribution in [0.1, 0.15) is 27.7 Å². The van der Waals surface area contributed by atoms with Crippen molar-refractivity contribution in [3.05, 3.63) is 24.3 Å². The summed E-state index contributed by atoms with van der Waals surface area (Å²) in [6, 6.07) is 5.66. The zero-order chi connectivity index (χ0) is 14.0. The fraction of sp³-hybridized carbons (Fsp3) is 0.538. The van der Waals surface area contributed by atoms with Crippen LogP contribution in [0, 0.1) is 11.3 Å². The Morgan fingerprint density at radius 3 is 2.44 bits per heavy atom. The molecule has 0 radical (unpaired) electrons. The van der Waals surface area contributed by atoms with Gasteiger partial charge in [-0.25, -0.2) is 13.1 Å². The maximum absolute atomic E-state index is 12.0. The Morgan fingerprint density at radius 2 is 1.94 bits per heavy atom. The largest absolute Gasteiger partial charge is 0.508 e. The molecular formula is C13H21NO3S. The van der Waals surface area contributed by atoms with Crippen molar-refractivity contribution in [2.24, 2.45) is 11.3 Å². The Bertz CT molecular complexity index is 507. The van der Waals surface area contributed by atoms with E-state index in [0.29, 0.717) is 12.5 Å². The van der Waals surface area contributed by atoms with E-state index in [9.17, 15) is 13.5 Å². The highest BCUT2D eigenvalue weighted by Crippen LogP contribution is 2.25. The Hall–Kier alpha value is -1.07. The summed E-state index contributed by atoms with van der Waals surface area (Å²) in [5.41, 5.74) is -0.121. The Balaban J connectivity index is 2.84. The number of hydrogen-bond donors (Lipinski definition) is 2. The van der Waals surface area contributed by atoms with Crippen LogP contribution in [-0.4, -0.2) is 20.1 Å². The average molecular weight is 271 g/mol. The van der Waals surface area contributed by atoms with Crippen LogP contribution in [0.15, 0.2) is 29.2 Å². The fourth-order valence-electron chi connectivity index (χ4n) is 1.22. The minimum Gasteiger partial charge on any atom is -0.508 e.